The van der Waals surface area contributed by atoms with Crippen LogP contribution >= 0.6 is 0 Å². The van der Waals surface area contributed by atoms with Gasteiger partial charge in [-0.25, -0.2) is 4.79 Å². The number of amides is 1. The highest BCUT2D eigenvalue weighted by molar-refractivity contribution is 5.67. The minimum atomic E-state index is -0.134. The molecule has 24 heavy (non-hydrogen) atoms. The molecule has 2 aliphatic heterocycles. The molecule has 0 bridgehead atoms. The third-order valence-corrected chi connectivity index (χ3v) is 6.74. The van der Waals surface area contributed by atoms with Gasteiger partial charge in [0.2, 0.25) is 0 Å². The van der Waals surface area contributed by atoms with Crippen LogP contribution in [0.4, 0.5) is 4.79 Å². The maximum absolute atomic E-state index is 12.1. The zero-order chi connectivity index (χ0) is 16.7. The molecule has 2 aliphatic carbocycles. The number of piperidine rings is 1. The van der Waals surface area contributed by atoms with Crippen LogP contribution < -0.4 is 5.32 Å². The Morgan fingerprint density at radius 1 is 1.29 bits per heavy atom. The maximum Gasteiger partial charge on any atom is 0.409 e. The van der Waals surface area contributed by atoms with Crippen LogP contribution in [0, 0.1) is 17.3 Å². The summed E-state index contributed by atoms with van der Waals surface area (Å²) in [6, 6.07) is 1.20. The van der Waals surface area contributed by atoms with E-state index < -0.39 is 0 Å². The number of nitrogens with zero attached hydrogens (tertiary/aromatic N) is 1. The standard InChI is InChI=1S/C19H32N2O3/c1-13(2)12-24-18(22)21-9-4-14(5-10-21)20-16-15-6-11-23-17(15)19(16)7-3-8-19/h13-17,20H,3-12H2,1-2H3/t15-,16+,17-/m0/s1. The van der Waals surface area contributed by atoms with E-state index in [2.05, 4.69) is 19.2 Å². The Morgan fingerprint density at radius 3 is 2.67 bits per heavy atom. The summed E-state index contributed by atoms with van der Waals surface area (Å²) in [6.45, 7) is 7.24. The summed E-state index contributed by atoms with van der Waals surface area (Å²) >= 11 is 0. The fourth-order valence-corrected chi connectivity index (χ4v) is 5.31. The molecule has 0 unspecified atom stereocenters. The van der Waals surface area contributed by atoms with Gasteiger partial charge in [-0.05, 0) is 38.0 Å². The Labute approximate surface area is 145 Å². The van der Waals surface area contributed by atoms with E-state index in [-0.39, 0.29) is 6.09 Å². The van der Waals surface area contributed by atoms with Gasteiger partial charge in [-0.1, -0.05) is 20.3 Å². The summed E-state index contributed by atoms with van der Waals surface area (Å²) < 4.78 is 11.4. The number of carbonyl (C=O) groups excluding carboxylic acids is 1. The molecule has 5 nitrogen and oxygen atoms in total. The van der Waals surface area contributed by atoms with E-state index in [9.17, 15) is 4.79 Å². The van der Waals surface area contributed by atoms with E-state index in [4.69, 9.17) is 9.47 Å². The van der Waals surface area contributed by atoms with Crippen LogP contribution in [0.5, 0.6) is 0 Å². The van der Waals surface area contributed by atoms with Gasteiger partial charge in [-0.3, -0.25) is 0 Å². The van der Waals surface area contributed by atoms with Crippen molar-refractivity contribution in [1.82, 2.24) is 10.2 Å². The molecule has 1 spiro atoms. The zero-order valence-corrected chi connectivity index (χ0v) is 15.1. The number of hydrogen-bond donors (Lipinski definition) is 1. The largest absolute Gasteiger partial charge is 0.449 e. The average molecular weight is 336 g/mol. The van der Waals surface area contributed by atoms with Crippen molar-refractivity contribution < 1.29 is 14.3 Å². The molecule has 1 amide bonds. The SMILES string of the molecule is CC(C)COC(=O)N1CCC(N[C@@H]2[C@@H]3CCO[C@@H]3C23CCC3)CC1. The van der Waals surface area contributed by atoms with Gasteiger partial charge in [0.25, 0.3) is 0 Å². The van der Waals surface area contributed by atoms with Crippen LogP contribution in [0.25, 0.3) is 0 Å². The Bertz CT molecular complexity index is 469. The molecule has 1 N–H and O–H groups in total. The van der Waals surface area contributed by atoms with E-state index in [0.29, 0.717) is 36.1 Å². The molecule has 4 fully saturated rings. The smallest absolute Gasteiger partial charge is 0.409 e. The van der Waals surface area contributed by atoms with Crippen LogP contribution in [0.3, 0.4) is 0 Å². The summed E-state index contributed by atoms with van der Waals surface area (Å²) in [5.41, 5.74) is 0.453. The predicted octanol–water partition coefficient (Wildman–Crippen LogP) is 2.79. The van der Waals surface area contributed by atoms with Gasteiger partial charge >= 0.3 is 6.09 Å². The van der Waals surface area contributed by atoms with Gasteiger partial charge in [0.05, 0.1) is 12.7 Å². The maximum atomic E-state index is 12.1. The van der Waals surface area contributed by atoms with Crippen molar-refractivity contribution >= 4 is 6.09 Å². The molecule has 2 saturated heterocycles. The fraction of sp³-hybridized carbons (Fsp3) is 0.947. The molecule has 3 atom stereocenters. The summed E-state index contributed by atoms with van der Waals surface area (Å²) in [5, 5.41) is 3.97. The van der Waals surface area contributed by atoms with Crippen molar-refractivity contribution in [3.63, 3.8) is 0 Å². The van der Waals surface area contributed by atoms with Gasteiger partial charge in [0.15, 0.2) is 0 Å². The van der Waals surface area contributed by atoms with Gasteiger partial charge in [0, 0.05) is 43.1 Å². The first-order chi connectivity index (χ1) is 11.6. The van der Waals surface area contributed by atoms with Crippen molar-refractivity contribution in [2.75, 3.05) is 26.3 Å². The van der Waals surface area contributed by atoms with Crippen LogP contribution in [0.15, 0.2) is 0 Å². The molecular formula is C19H32N2O3. The van der Waals surface area contributed by atoms with Crippen LogP contribution in [-0.4, -0.2) is 55.5 Å². The average Bonchev–Trinajstić information content (AvgIpc) is 2.94. The van der Waals surface area contributed by atoms with Gasteiger partial charge in [0.1, 0.15) is 0 Å². The number of carbonyl (C=O) groups is 1. The third kappa shape index (κ3) is 2.74. The summed E-state index contributed by atoms with van der Waals surface area (Å²) in [5.74, 6) is 1.13. The van der Waals surface area contributed by atoms with Crippen molar-refractivity contribution in [1.29, 1.82) is 0 Å². The van der Waals surface area contributed by atoms with Crippen LogP contribution in [-0.2, 0) is 9.47 Å². The summed E-state index contributed by atoms with van der Waals surface area (Å²) in [4.78, 5) is 14.0. The molecule has 2 saturated carbocycles. The first kappa shape index (κ1) is 16.6. The van der Waals surface area contributed by atoms with E-state index in [1.54, 1.807) is 0 Å². The molecule has 0 aromatic rings. The highest BCUT2D eigenvalue weighted by Gasteiger charge is 2.66. The van der Waals surface area contributed by atoms with Crippen LogP contribution in [0.2, 0.25) is 0 Å². The van der Waals surface area contributed by atoms with Crippen molar-refractivity contribution in [3.05, 3.63) is 0 Å². The van der Waals surface area contributed by atoms with Crippen molar-refractivity contribution in [3.8, 4) is 0 Å². The zero-order valence-electron chi connectivity index (χ0n) is 15.1. The van der Waals surface area contributed by atoms with E-state index in [0.717, 1.165) is 38.5 Å². The molecule has 4 aliphatic rings. The Hall–Kier alpha value is -0.810. The van der Waals surface area contributed by atoms with Gasteiger partial charge < -0.3 is 19.7 Å². The van der Waals surface area contributed by atoms with Crippen molar-refractivity contribution in [2.24, 2.45) is 17.3 Å². The molecule has 4 rings (SSSR count). The van der Waals surface area contributed by atoms with Gasteiger partial charge in [-0.2, -0.15) is 0 Å². The summed E-state index contributed by atoms with van der Waals surface area (Å²) in [7, 11) is 0. The first-order valence-corrected chi connectivity index (χ1v) is 9.89. The first-order valence-electron chi connectivity index (χ1n) is 9.89. The number of fused-ring (bicyclic) bond motifs is 2. The number of ether oxygens (including phenoxy) is 2. The lowest BCUT2D eigenvalue weighted by Gasteiger charge is -2.64. The second kappa shape index (κ2) is 6.49. The topological polar surface area (TPSA) is 50.8 Å². The molecule has 5 heteroatoms. The monoisotopic (exact) mass is 336 g/mol. The third-order valence-electron chi connectivity index (χ3n) is 6.74. The number of hydrogen-bond acceptors (Lipinski definition) is 4. The van der Waals surface area contributed by atoms with E-state index in [1.165, 1.54) is 25.7 Å². The highest BCUT2D eigenvalue weighted by Crippen LogP contribution is 2.62. The molecule has 0 aromatic carbocycles. The lowest BCUT2D eigenvalue weighted by molar-refractivity contribution is -0.179. The molecular weight excluding hydrogens is 304 g/mol. The fourth-order valence-electron chi connectivity index (χ4n) is 5.31. The lowest BCUT2D eigenvalue weighted by Crippen LogP contribution is -2.72. The minimum absolute atomic E-state index is 0.134. The van der Waals surface area contributed by atoms with E-state index >= 15 is 0 Å². The minimum Gasteiger partial charge on any atom is -0.449 e. The molecule has 136 valence electrons. The second-order valence-corrected chi connectivity index (χ2v) is 8.71. The predicted molar refractivity (Wildman–Crippen MR) is 91.8 cm³/mol. The number of nitrogens with one attached hydrogen (secondary N) is 1. The Kier molecular flexibility index (Phi) is 4.50. The van der Waals surface area contributed by atoms with Crippen LogP contribution in [0.1, 0.15) is 52.4 Å². The molecule has 0 aromatic heterocycles. The quantitative estimate of drug-likeness (QED) is 0.858. The van der Waals surface area contributed by atoms with Crippen molar-refractivity contribution in [2.45, 2.75) is 70.6 Å². The highest BCUT2D eigenvalue weighted by atomic mass is 16.6. The molecule has 0 radical (unpaired) electrons. The Balaban J connectivity index is 1.26. The second-order valence-electron chi connectivity index (χ2n) is 8.71. The number of rotatable bonds is 4. The van der Waals surface area contributed by atoms with Gasteiger partial charge in [-0.15, -0.1) is 0 Å². The summed E-state index contributed by atoms with van der Waals surface area (Å²) in [6.07, 6.45) is 7.76. The van der Waals surface area contributed by atoms with E-state index in [1.807, 2.05) is 4.90 Å². The Morgan fingerprint density at radius 2 is 2.04 bits per heavy atom. The lowest BCUT2D eigenvalue weighted by atomic mass is 9.46. The number of likely N-dealkylation sites (tertiary alicyclic amines) is 1. The molecule has 2 heterocycles. The normalized spacial score (nSPS) is 34.8.